The van der Waals surface area contributed by atoms with Gasteiger partial charge < -0.3 is 0 Å². The predicted octanol–water partition coefficient (Wildman–Crippen LogP) is 0.543. The van der Waals surface area contributed by atoms with Crippen LogP contribution < -0.4 is 0 Å². The van der Waals surface area contributed by atoms with Gasteiger partial charge in [-0.15, -0.1) is 0 Å². The third kappa shape index (κ3) is 2.72. The number of amides is 1. The van der Waals surface area contributed by atoms with Gasteiger partial charge in [-0.25, -0.2) is 5.11 Å². The molecule has 1 radical (unpaired) electrons. The smallest absolute Gasteiger partial charge is 0.261 e. The van der Waals surface area contributed by atoms with E-state index in [0.29, 0.717) is 6.54 Å². The second-order valence-electron chi connectivity index (χ2n) is 1.42. The number of hydrogen-bond acceptors (Lipinski definition) is 2. The number of carbonyl (C=O) groups excluding carboxylic acids is 1. The van der Waals surface area contributed by atoms with E-state index in [1.807, 2.05) is 6.92 Å². The average Bonchev–Trinajstić information content (AvgIpc) is 1.90. The molecule has 4 heteroatoms. The summed E-state index contributed by atoms with van der Waals surface area (Å²) >= 11 is 1.29. The van der Waals surface area contributed by atoms with Gasteiger partial charge in [0.25, 0.3) is 5.91 Å². The normalized spacial score (nSPS) is 9.22. The topological polar surface area (TPSA) is 40.2 Å². The first-order chi connectivity index (χ1) is 4.26. The zero-order valence-corrected chi connectivity index (χ0v) is 6.40. The number of rotatable bonds is 3. The number of carbonyl (C=O) groups is 1. The zero-order chi connectivity index (χ0) is 7.28. The number of nitrogens with zero attached hydrogens (tertiary/aromatic N) is 1. The molecule has 0 spiro atoms. The quantitative estimate of drug-likeness (QED) is 0.548. The largest absolute Gasteiger partial charge is 0.285 e. The minimum Gasteiger partial charge on any atom is -0.285 e. The lowest BCUT2D eigenvalue weighted by Gasteiger charge is -2.13. The summed E-state index contributed by atoms with van der Waals surface area (Å²) in [6, 6.07) is 0. The summed E-state index contributed by atoms with van der Waals surface area (Å²) in [5.74, 6) is -0.343. The highest BCUT2D eigenvalue weighted by molar-refractivity contribution is 7.96. The van der Waals surface area contributed by atoms with Crippen LogP contribution in [-0.4, -0.2) is 29.6 Å². The van der Waals surface area contributed by atoms with Gasteiger partial charge in [0, 0.05) is 12.8 Å². The molecule has 0 N–H and O–H groups in total. The first-order valence-corrected chi connectivity index (χ1v) is 3.87. The zero-order valence-electron chi connectivity index (χ0n) is 5.59. The van der Waals surface area contributed by atoms with E-state index < -0.39 is 6.61 Å². The van der Waals surface area contributed by atoms with Crippen molar-refractivity contribution in [2.24, 2.45) is 0 Å². The maximum atomic E-state index is 10.6. The highest BCUT2D eigenvalue weighted by Gasteiger charge is 2.07. The Labute approximate surface area is 59.2 Å². The van der Waals surface area contributed by atoms with E-state index in [-0.39, 0.29) is 5.91 Å². The molecule has 0 bridgehead atoms. The molecule has 0 atom stereocenters. The van der Waals surface area contributed by atoms with E-state index >= 15 is 0 Å². The van der Waals surface area contributed by atoms with E-state index in [9.17, 15) is 9.90 Å². The molecule has 0 unspecified atom stereocenters. The van der Waals surface area contributed by atoms with Crippen molar-refractivity contribution in [3.8, 4) is 0 Å². The molecule has 3 nitrogen and oxygen atoms in total. The van der Waals surface area contributed by atoms with Gasteiger partial charge in [-0.2, -0.15) is 0 Å². The van der Waals surface area contributed by atoms with Crippen molar-refractivity contribution >= 4 is 17.9 Å². The van der Waals surface area contributed by atoms with Gasteiger partial charge in [-0.3, -0.25) is 9.10 Å². The summed E-state index contributed by atoms with van der Waals surface area (Å²) in [6.07, 6.45) is 1.77. The van der Waals surface area contributed by atoms with Gasteiger partial charge >= 0.3 is 0 Å². The Morgan fingerprint density at radius 1 is 1.67 bits per heavy atom. The Bertz CT molecular complexity index is 93.0. The predicted molar refractivity (Wildman–Crippen MR) is 36.5 cm³/mol. The van der Waals surface area contributed by atoms with Crippen LogP contribution in [0.1, 0.15) is 6.92 Å². The summed E-state index contributed by atoms with van der Waals surface area (Å²) in [7, 11) is 0. The molecule has 53 valence electrons. The third-order valence-electron chi connectivity index (χ3n) is 0.909. The van der Waals surface area contributed by atoms with Crippen LogP contribution in [-0.2, 0) is 9.90 Å². The van der Waals surface area contributed by atoms with E-state index in [2.05, 4.69) is 0 Å². The molecule has 0 aromatic heterocycles. The van der Waals surface area contributed by atoms with Crippen molar-refractivity contribution in [1.29, 1.82) is 0 Å². The van der Waals surface area contributed by atoms with Gasteiger partial charge in [0.2, 0.25) is 0 Å². The van der Waals surface area contributed by atoms with Crippen molar-refractivity contribution in [3.05, 3.63) is 0 Å². The average molecular weight is 148 g/mol. The van der Waals surface area contributed by atoms with Gasteiger partial charge in [-0.05, 0) is 6.92 Å². The van der Waals surface area contributed by atoms with Crippen molar-refractivity contribution in [2.75, 3.05) is 19.4 Å². The monoisotopic (exact) mass is 148 g/mol. The Morgan fingerprint density at radius 3 is 2.33 bits per heavy atom. The Balaban J connectivity index is 3.64. The maximum Gasteiger partial charge on any atom is 0.261 e. The van der Waals surface area contributed by atoms with Crippen molar-refractivity contribution < 1.29 is 9.90 Å². The van der Waals surface area contributed by atoms with E-state index in [4.69, 9.17) is 0 Å². The molecular formula is C5H10NO2S. The third-order valence-corrected chi connectivity index (χ3v) is 1.81. The summed E-state index contributed by atoms with van der Waals surface area (Å²) in [5, 5.41) is 9.98. The standard InChI is InChI=1S/C5H10NO2S/c1-3-6(9-2)5(8)4-7/h3-4H2,1-2H3. The van der Waals surface area contributed by atoms with Crippen LogP contribution in [0.25, 0.3) is 0 Å². The van der Waals surface area contributed by atoms with E-state index in [0.717, 1.165) is 0 Å². The second-order valence-corrected chi connectivity index (χ2v) is 2.22. The van der Waals surface area contributed by atoms with Crippen molar-refractivity contribution in [2.45, 2.75) is 6.92 Å². The van der Waals surface area contributed by atoms with Crippen LogP contribution in [0.3, 0.4) is 0 Å². The molecule has 0 aromatic rings. The minimum atomic E-state index is -0.644. The van der Waals surface area contributed by atoms with Crippen LogP contribution in [0.15, 0.2) is 0 Å². The molecule has 0 aliphatic carbocycles. The highest BCUT2D eigenvalue weighted by atomic mass is 32.2. The molecule has 0 fully saturated rings. The molecule has 0 heterocycles. The van der Waals surface area contributed by atoms with Crippen LogP contribution in [0, 0.1) is 0 Å². The van der Waals surface area contributed by atoms with Crippen molar-refractivity contribution in [1.82, 2.24) is 4.31 Å². The van der Waals surface area contributed by atoms with Crippen molar-refractivity contribution in [3.63, 3.8) is 0 Å². The summed E-state index contributed by atoms with van der Waals surface area (Å²) < 4.78 is 1.44. The first kappa shape index (κ1) is 8.78. The Hall–Kier alpha value is -0.220. The van der Waals surface area contributed by atoms with Gasteiger partial charge in [-0.1, -0.05) is 11.9 Å². The van der Waals surface area contributed by atoms with E-state index in [1.165, 1.54) is 16.3 Å². The molecule has 0 saturated carbocycles. The number of likely N-dealkylation sites (N-methyl/N-ethyl adjacent to an activating group) is 1. The maximum absolute atomic E-state index is 10.6. The molecule has 0 rings (SSSR count). The van der Waals surface area contributed by atoms with Crippen LogP contribution in [0.4, 0.5) is 0 Å². The SMILES string of the molecule is CCN(SC)C(=O)C[O]. The Kier molecular flexibility index (Phi) is 4.53. The lowest BCUT2D eigenvalue weighted by atomic mass is 10.6. The molecule has 0 aromatic carbocycles. The fourth-order valence-corrected chi connectivity index (χ4v) is 0.994. The first-order valence-electron chi connectivity index (χ1n) is 2.68. The van der Waals surface area contributed by atoms with Gasteiger partial charge in [0.1, 0.15) is 0 Å². The molecule has 0 aliphatic heterocycles. The van der Waals surface area contributed by atoms with Crippen LogP contribution in [0.2, 0.25) is 0 Å². The second kappa shape index (κ2) is 4.64. The van der Waals surface area contributed by atoms with Gasteiger partial charge in [0.05, 0.1) is 0 Å². The molecule has 1 amide bonds. The fourth-order valence-electron chi connectivity index (χ4n) is 0.479. The summed E-state index contributed by atoms with van der Waals surface area (Å²) in [6.45, 7) is 1.79. The number of hydrogen-bond donors (Lipinski definition) is 0. The summed E-state index contributed by atoms with van der Waals surface area (Å²) in [4.78, 5) is 10.6. The fraction of sp³-hybridized carbons (Fsp3) is 0.800. The van der Waals surface area contributed by atoms with Gasteiger partial charge in [0.15, 0.2) is 6.61 Å². The van der Waals surface area contributed by atoms with Crippen LogP contribution in [0.5, 0.6) is 0 Å². The molecule has 0 aliphatic rings. The highest BCUT2D eigenvalue weighted by Crippen LogP contribution is 2.03. The molecule has 9 heavy (non-hydrogen) atoms. The summed E-state index contributed by atoms with van der Waals surface area (Å²) in [5.41, 5.74) is 0. The minimum absolute atomic E-state index is 0.343. The van der Waals surface area contributed by atoms with Crippen LogP contribution >= 0.6 is 11.9 Å². The Morgan fingerprint density at radius 2 is 2.22 bits per heavy atom. The lowest BCUT2D eigenvalue weighted by Crippen LogP contribution is -2.25. The van der Waals surface area contributed by atoms with E-state index in [1.54, 1.807) is 6.26 Å². The lowest BCUT2D eigenvalue weighted by molar-refractivity contribution is -0.130. The molecular weight excluding hydrogens is 138 g/mol. The molecule has 0 saturated heterocycles.